The van der Waals surface area contributed by atoms with Crippen molar-refractivity contribution in [2.24, 2.45) is 16.6 Å². The van der Waals surface area contributed by atoms with E-state index in [0.717, 1.165) is 0 Å². The standard InChI is InChI=1S/C8H14N6O4/c9-4-3(1-15)18-8(5(4)16)14-2-11-7(12-14)6(10)13-17/h2-5,8,15-17H,1,9H2,(H2,10,13)/t3-,4-,5-,8-/m1/s1. The lowest BCUT2D eigenvalue weighted by molar-refractivity contribution is -0.0573. The van der Waals surface area contributed by atoms with Crippen molar-refractivity contribution in [2.75, 3.05) is 6.61 Å². The molecule has 10 nitrogen and oxygen atoms in total. The molecule has 2 heterocycles. The predicted molar refractivity (Wildman–Crippen MR) is 57.5 cm³/mol. The van der Waals surface area contributed by atoms with Crippen molar-refractivity contribution in [1.82, 2.24) is 14.8 Å². The van der Waals surface area contributed by atoms with Crippen LogP contribution in [0.3, 0.4) is 0 Å². The fourth-order valence-corrected chi connectivity index (χ4v) is 1.70. The topological polar surface area (TPSA) is 165 Å². The molecular weight excluding hydrogens is 244 g/mol. The van der Waals surface area contributed by atoms with Gasteiger partial charge in [-0.3, -0.25) is 0 Å². The molecule has 7 N–H and O–H groups in total. The first kappa shape index (κ1) is 12.7. The third kappa shape index (κ3) is 2.01. The average molecular weight is 258 g/mol. The largest absolute Gasteiger partial charge is 0.409 e. The molecule has 0 unspecified atom stereocenters. The number of amidine groups is 1. The second-order valence-electron chi connectivity index (χ2n) is 3.85. The summed E-state index contributed by atoms with van der Waals surface area (Å²) in [4.78, 5) is 3.78. The third-order valence-electron chi connectivity index (χ3n) is 2.72. The smallest absolute Gasteiger partial charge is 0.219 e. The molecule has 0 amide bonds. The maximum absolute atomic E-state index is 9.86. The molecule has 0 aromatic carbocycles. The summed E-state index contributed by atoms with van der Waals surface area (Å²) in [6.07, 6.45) is -1.33. The fourth-order valence-electron chi connectivity index (χ4n) is 1.70. The molecule has 100 valence electrons. The van der Waals surface area contributed by atoms with Crippen molar-refractivity contribution in [3.63, 3.8) is 0 Å². The van der Waals surface area contributed by atoms with Crippen LogP contribution in [0.4, 0.5) is 0 Å². The van der Waals surface area contributed by atoms with Crippen molar-refractivity contribution in [2.45, 2.75) is 24.5 Å². The minimum Gasteiger partial charge on any atom is -0.409 e. The van der Waals surface area contributed by atoms with Crippen LogP contribution in [0.25, 0.3) is 0 Å². The Hall–Kier alpha value is -1.75. The zero-order valence-corrected chi connectivity index (χ0v) is 9.29. The lowest BCUT2D eigenvalue weighted by Crippen LogP contribution is -2.41. The highest BCUT2D eigenvalue weighted by molar-refractivity contribution is 5.93. The molecule has 0 spiro atoms. The highest BCUT2D eigenvalue weighted by atomic mass is 16.5. The van der Waals surface area contributed by atoms with E-state index in [1.165, 1.54) is 11.0 Å². The minimum absolute atomic E-state index is 0.00526. The van der Waals surface area contributed by atoms with Crippen molar-refractivity contribution in [3.05, 3.63) is 12.2 Å². The van der Waals surface area contributed by atoms with E-state index in [0.29, 0.717) is 0 Å². The number of aliphatic hydroxyl groups is 2. The van der Waals surface area contributed by atoms with Gasteiger partial charge >= 0.3 is 0 Å². The van der Waals surface area contributed by atoms with E-state index in [1.807, 2.05) is 0 Å². The number of rotatable bonds is 3. The molecule has 0 aliphatic carbocycles. The van der Waals surface area contributed by atoms with Crippen LogP contribution >= 0.6 is 0 Å². The van der Waals surface area contributed by atoms with Gasteiger partial charge in [0, 0.05) is 0 Å². The van der Waals surface area contributed by atoms with E-state index in [2.05, 4.69) is 15.2 Å². The summed E-state index contributed by atoms with van der Waals surface area (Å²) in [6.45, 7) is -0.309. The number of nitrogens with two attached hydrogens (primary N) is 2. The van der Waals surface area contributed by atoms with E-state index >= 15 is 0 Å². The van der Waals surface area contributed by atoms with Crippen LogP contribution in [0.1, 0.15) is 12.1 Å². The fraction of sp³-hybridized carbons (Fsp3) is 0.625. The van der Waals surface area contributed by atoms with Crippen molar-refractivity contribution in [1.29, 1.82) is 0 Å². The summed E-state index contributed by atoms with van der Waals surface area (Å²) < 4.78 is 6.54. The lowest BCUT2D eigenvalue weighted by atomic mass is 10.1. The van der Waals surface area contributed by atoms with Gasteiger partial charge in [0.1, 0.15) is 18.5 Å². The quantitative estimate of drug-likeness (QED) is 0.165. The number of nitrogens with zero attached hydrogens (tertiary/aromatic N) is 4. The summed E-state index contributed by atoms with van der Waals surface area (Å²) in [5.41, 5.74) is 11.0. The third-order valence-corrected chi connectivity index (χ3v) is 2.72. The number of aliphatic hydroxyl groups excluding tert-OH is 2. The Morgan fingerprint density at radius 3 is 2.89 bits per heavy atom. The molecule has 0 radical (unpaired) electrons. The summed E-state index contributed by atoms with van der Waals surface area (Å²) in [6, 6.07) is -0.725. The molecule has 1 aliphatic rings. The molecule has 1 aromatic heterocycles. The Labute approximate surface area is 101 Å². The first-order valence-electron chi connectivity index (χ1n) is 5.17. The van der Waals surface area contributed by atoms with Crippen LogP contribution in [-0.4, -0.2) is 60.9 Å². The van der Waals surface area contributed by atoms with Crippen molar-refractivity contribution < 1.29 is 20.2 Å². The maximum atomic E-state index is 9.86. The summed E-state index contributed by atoms with van der Waals surface area (Å²) in [5, 5.41) is 34.0. The van der Waals surface area contributed by atoms with Gasteiger partial charge < -0.3 is 31.6 Å². The van der Waals surface area contributed by atoms with E-state index in [1.54, 1.807) is 0 Å². The Morgan fingerprint density at radius 2 is 2.33 bits per heavy atom. The molecule has 2 rings (SSSR count). The first-order chi connectivity index (χ1) is 8.58. The number of oxime groups is 1. The van der Waals surface area contributed by atoms with Gasteiger partial charge in [-0.1, -0.05) is 5.16 Å². The van der Waals surface area contributed by atoms with Crippen LogP contribution < -0.4 is 11.5 Å². The number of hydrogen-bond donors (Lipinski definition) is 5. The van der Waals surface area contributed by atoms with Crippen LogP contribution in [0.2, 0.25) is 0 Å². The molecule has 1 aliphatic heterocycles. The van der Waals surface area contributed by atoms with Gasteiger partial charge in [0.15, 0.2) is 6.23 Å². The lowest BCUT2D eigenvalue weighted by Gasteiger charge is -2.14. The first-order valence-corrected chi connectivity index (χ1v) is 5.17. The molecule has 10 heteroatoms. The summed E-state index contributed by atoms with van der Waals surface area (Å²) in [5.74, 6) is -0.265. The highest BCUT2D eigenvalue weighted by Gasteiger charge is 2.42. The average Bonchev–Trinajstić information content (AvgIpc) is 2.96. The number of ether oxygens (including phenoxy) is 1. The van der Waals surface area contributed by atoms with Crippen molar-refractivity contribution in [3.8, 4) is 0 Å². The van der Waals surface area contributed by atoms with Crippen LogP contribution in [0.15, 0.2) is 11.5 Å². The van der Waals surface area contributed by atoms with Gasteiger partial charge in [-0.15, -0.1) is 5.10 Å². The molecule has 0 saturated carbocycles. The van der Waals surface area contributed by atoms with Crippen LogP contribution in [0.5, 0.6) is 0 Å². The van der Waals surface area contributed by atoms with Crippen LogP contribution in [0, 0.1) is 0 Å². The number of aromatic nitrogens is 3. The highest BCUT2D eigenvalue weighted by Crippen LogP contribution is 2.27. The number of hydrogen-bond acceptors (Lipinski definition) is 8. The molecule has 1 aromatic rings. The van der Waals surface area contributed by atoms with Gasteiger partial charge in [0.05, 0.1) is 12.6 Å². The normalized spacial score (nSPS) is 32.9. The summed E-state index contributed by atoms with van der Waals surface area (Å²) in [7, 11) is 0. The van der Waals surface area contributed by atoms with Gasteiger partial charge in [0.25, 0.3) is 0 Å². The van der Waals surface area contributed by atoms with Gasteiger partial charge in [0.2, 0.25) is 11.7 Å². The monoisotopic (exact) mass is 258 g/mol. The molecule has 18 heavy (non-hydrogen) atoms. The van der Waals surface area contributed by atoms with Gasteiger partial charge in [-0.05, 0) is 0 Å². The van der Waals surface area contributed by atoms with Crippen molar-refractivity contribution >= 4 is 5.84 Å². The molecule has 1 saturated heterocycles. The Balaban J connectivity index is 2.20. The summed E-state index contributed by atoms with van der Waals surface area (Å²) >= 11 is 0. The van der Waals surface area contributed by atoms with E-state index in [-0.39, 0.29) is 18.3 Å². The molecule has 0 bridgehead atoms. The van der Waals surface area contributed by atoms with Gasteiger partial charge in [-0.25, -0.2) is 9.67 Å². The second-order valence-corrected chi connectivity index (χ2v) is 3.85. The zero-order valence-electron chi connectivity index (χ0n) is 9.29. The van der Waals surface area contributed by atoms with Gasteiger partial charge in [-0.2, -0.15) is 0 Å². The maximum Gasteiger partial charge on any atom is 0.219 e. The van der Waals surface area contributed by atoms with E-state index in [9.17, 15) is 5.11 Å². The molecule has 4 atom stereocenters. The predicted octanol–water partition coefficient (Wildman–Crippen LogP) is -3.05. The van der Waals surface area contributed by atoms with E-state index in [4.69, 9.17) is 26.5 Å². The Morgan fingerprint density at radius 1 is 1.61 bits per heavy atom. The Bertz CT molecular complexity index is 449. The Kier molecular flexibility index (Phi) is 3.43. The molecular formula is C8H14N6O4. The minimum atomic E-state index is -1.04. The second kappa shape index (κ2) is 4.86. The zero-order chi connectivity index (χ0) is 13.3. The van der Waals surface area contributed by atoms with E-state index < -0.39 is 24.5 Å². The van der Waals surface area contributed by atoms with Crippen LogP contribution in [-0.2, 0) is 4.74 Å². The molecule has 1 fully saturated rings. The SMILES string of the molecule is N/C(=N/O)c1ncn([C@@H]2O[C@H](CO)[C@@H](N)[C@H]2O)n1.